The van der Waals surface area contributed by atoms with Gasteiger partial charge in [0, 0.05) is 25.4 Å². The number of carbonyl (C=O) groups excluding carboxylic acids is 2. The SMILES string of the molecule is O=C(O)[C@@H]1C[C@@H](O)CN1C(=O)[C@@H]1CCCN1C(=O)OCC1c2ccccc2-c2ccccc21. The van der Waals surface area contributed by atoms with E-state index in [0.29, 0.717) is 19.4 Å². The molecule has 0 radical (unpaired) electrons. The third-order valence-corrected chi connectivity index (χ3v) is 6.96. The number of carbonyl (C=O) groups is 3. The number of ether oxygens (including phenoxy) is 1. The molecule has 33 heavy (non-hydrogen) atoms. The number of carboxylic acid groups (broad SMARTS) is 1. The highest BCUT2D eigenvalue weighted by atomic mass is 16.6. The number of aliphatic carboxylic acids is 1. The Morgan fingerprint density at radius 2 is 1.58 bits per heavy atom. The number of nitrogens with zero attached hydrogens (tertiary/aromatic N) is 2. The molecule has 1 aliphatic carbocycles. The maximum absolute atomic E-state index is 13.1. The monoisotopic (exact) mass is 450 g/mol. The van der Waals surface area contributed by atoms with E-state index in [-0.39, 0.29) is 25.5 Å². The molecule has 0 aromatic heterocycles. The lowest BCUT2D eigenvalue weighted by Crippen LogP contribution is -2.51. The highest BCUT2D eigenvalue weighted by molar-refractivity contribution is 5.90. The highest BCUT2D eigenvalue weighted by Gasteiger charge is 2.45. The highest BCUT2D eigenvalue weighted by Crippen LogP contribution is 2.44. The maximum atomic E-state index is 13.1. The molecule has 2 N–H and O–H groups in total. The van der Waals surface area contributed by atoms with Crippen molar-refractivity contribution in [1.29, 1.82) is 0 Å². The molecule has 2 fully saturated rings. The first kappa shape index (κ1) is 21.5. The van der Waals surface area contributed by atoms with Gasteiger partial charge in [0.15, 0.2) is 0 Å². The van der Waals surface area contributed by atoms with E-state index in [1.165, 1.54) is 9.80 Å². The summed E-state index contributed by atoms with van der Waals surface area (Å²) < 4.78 is 5.71. The predicted octanol–water partition coefficient (Wildman–Crippen LogP) is 2.45. The predicted molar refractivity (Wildman–Crippen MR) is 119 cm³/mol. The van der Waals surface area contributed by atoms with Gasteiger partial charge in [0.05, 0.1) is 6.10 Å². The van der Waals surface area contributed by atoms with Crippen LogP contribution in [0.3, 0.4) is 0 Å². The van der Waals surface area contributed by atoms with Crippen LogP contribution in [0, 0.1) is 0 Å². The van der Waals surface area contributed by atoms with Crippen molar-refractivity contribution in [3.05, 3.63) is 59.7 Å². The first-order chi connectivity index (χ1) is 16.0. The number of likely N-dealkylation sites (tertiary alicyclic amines) is 2. The number of fused-ring (bicyclic) bond motifs is 3. The summed E-state index contributed by atoms with van der Waals surface area (Å²) in [6.45, 7) is 0.497. The average molecular weight is 450 g/mol. The lowest BCUT2D eigenvalue weighted by Gasteiger charge is -2.29. The molecule has 2 aliphatic heterocycles. The minimum atomic E-state index is -1.15. The Hall–Kier alpha value is -3.39. The number of hydrogen-bond donors (Lipinski definition) is 2. The molecule has 0 bridgehead atoms. The van der Waals surface area contributed by atoms with Crippen LogP contribution in [-0.4, -0.2) is 75.9 Å². The number of benzene rings is 2. The molecule has 2 aromatic carbocycles. The second-order valence-electron chi connectivity index (χ2n) is 8.89. The molecule has 0 spiro atoms. The third-order valence-electron chi connectivity index (χ3n) is 6.96. The summed E-state index contributed by atoms with van der Waals surface area (Å²) in [6.07, 6.45) is -0.367. The quantitative estimate of drug-likeness (QED) is 0.741. The van der Waals surface area contributed by atoms with Crippen LogP contribution >= 0.6 is 0 Å². The molecule has 5 rings (SSSR count). The van der Waals surface area contributed by atoms with Crippen LogP contribution in [0.5, 0.6) is 0 Å². The molecule has 172 valence electrons. The van der Waals surface area contributed by atoms with Crippen molar-refractivity contribution in [3.63, 3.8) is 0 Å². The third kappa shape index (κ3) is 3.74. The van der Waals surface area contributed by atoms with Crippen molar-refractivity contribution >= 4 is 18.0 Å². The summed E-state index contributed by atoms with van der Waals surface area (Å²) in [5, 5.41) is 19.3. The summed E-state index contributed by atoms with van der Waals surface area (Å²) in [5.74, 6) is -1.67. The number of amides is 2. The minimum absolute atomic E-state index is 0.00125. The molecule has 2 saturated heterocycles. The molecular formula is C25H26N2O6. The molecular weight excluding hydrogens is 424 g/mol. The van der Waals surface area contributed by atoms with Crippen LogP contribution in [0.2, 0.25) is 0 Å². The zero-order valence-electron chi connectivity index (χ0n) is 18.1. The topological polar surface area (TPSA) is 107 Å². The van der Waals surface area contributed by atoms with E-state index >= 15 is 0 Å². The van der Waals surface area contributed by atoms with Crippen LogP contribution in [0.4, 0.5) is 4.79 Å². The van der Waals surface area contributed by atoms with E-state index in [0.717, 1.165) is 22.3 Å². The Balaban J connectivity index is 1.29. The van der Waals surface area contributed by atoms with Gasteiger partial charge in [-0.15, -0.1) is 0 Å². The van der Waals surface area contributed by atoms with Crippen molar-refractivity contribution in [2.24, 2.45) is 0 Å². The number of aliphatic hydroxyl groups excluding tert-OH is 1. The van der Waals surface area contributed by atoms with Gasteiger partial charge in [0.25, 0.3) is 0 Å². The number of rotatable bonds is 4. The molecule has 8 nitrogen and oxygen atoms in total. The number of hydrogen-bond acceptors (Lipinski definition) is 5. The van der Waals surface area contributed by atoms with E-state index in [9.17, 15) is 24.6 Å². The Morgan fingerprint density at radius 1 is 0.939 bits per heavy atom. The van der Waals surface area contributed by atoms with Gasteiger partial charge in [-0.3, -0.25) is 9.69 Å². The summed E-state index contributed by atoms with van der Waals surface area (Å²) in [6, 6.07) is 14.3. The van der Waals surface area contributed by atoms with Crippen LogP contribution < -0.4 is 0 Å². The Kier molecular flexibility index (Phi) is 5.54. The summed E-state index contributed by atoms with van der Waals surface area (Å²) in [5.41, 5.74) is 4.48. The summed E-state index contributed by atoms with van der Waals surface area (Å²) in [7, 11) is 0. The minimum Gasteiger partial charge on any atom is -0.480 e. The standard InChI is InChI=1S/C25H26N2O6/c28-15-12-22(24(30)31)27(13-15)23(29)21-10-5-11-26(21)25(32)33-14-20-18-8-3-1-6-16(18)17-7-2-4-9-19(17)20/h1-4,6-9,15,20-22,28H,5,10-14H2,(H,30,31)/t15-,21+,22+/m1/s1. The van der Waals surface area contributed by atoms with E-state index in [4.69, 9.17) is 4.74 Å². The molecule has 0 unspecified atom stereocenters. The van der Waals surface area contributed by atoms with Gasteiger partial charge in [-0.1, -0.05) is 48.5 Å². The van der Waals surface area contributed by atoms with E-state index in [1.807, 2.05) is 36.4 Å². The van der Waals surface area contributed by atoms with E-state index < -0.39 is 36.2 Å². The van der Waals surface area contributed by atoms with Crippen LogP contribution in [0.25, 0.3) is 11.1 Å². The van der Waals surface area contributed by atoms with E-state index in [1.54, 1.807) is 0 Å². The zero-order valence-corrected chi connectivity index (χ0v) is 18.1. The lowest BCUT2D eigenvalue weighted by atomic mass is 9.98. The van der Waals surface area contributed by atoms with Gasteiger partial charge in [0.1, 0.15) is 18.7 Å². The average Bonchev–Trinajstić information content (AvgIpc) is 3.53. The Morgan fingerprint density at radius 3 is 2.21 bits per heavy atom. The number of β-amino-alcohol motifs (C(OH)–C–C–N with tert-alkyl or cyclic N) is 1. The van der Waals surface area contributed by atoms with Crippen LogP contribution in [-0.2, 0) is 14.3 Å². The Labute approximate surface area is 191 Å². The molecule has 8 heteroatoms. The first-order valence-corrected chi connectivity index (χ1v) is 11.3. The van der Waals surface area contributed by atoms with Crippen molar-refractivity contribution in [1.82, 2.24) is 9.80 Å². The van der Waals surface area contributed by atoms with Gasteiger partial charge in [-0.25, -0.2) is 9.59 Å². The zero-order chi connectivity index (χ0) is 23.1. The molecule has 3 aliphatic rings. The smallest absolute Gasteiger partial charge is 0.410 e. The van der Waals surface area contributed by atoms with Gasteiger partial charge >= 0.3 is 12.1 Å². The maximum Gasteiger partial charge on any atom is 0.410 e. The molecule has 3 atom stereocenters. The fraction of sp³-hybridized carbons (Fsp3) is 0.400. The van der Waals surface area contributed by atoms with Gasteiger partial charge in [0.2, 0.25) is 5.91 Å². The normalized spacial score (nSPS) is 24.0. The lowest BCUT2D eigenvalue weighted by molar-refractivity contribution is -0.149. The largest absolute Gasteiger partial charge is 0.480 e. The van der Waals surface area contributed by atoms with Crippen molar-refractivity contribution in [3.8, 4) is 11.1 Å². The van der Waals surface area contributed by atoms with Crippen LogP contribution in [0.1, 0.15) is 36.3 Å². The van der Waals surface area contributed by atoms with E-state index in [2.05, 4.69) is 12.1 Å². The second-order valence-corrected chi connectivity index (χ2v) is 8.89. The van der Waals surface area contributed by atoms with Gasteiger partial charge < -0.3 is 19.8 Å². The van der Waals surface area contributed by atoms with Gasteiger partial charge in [-0.05, 0) is 35.1 Å². The molecule has 2 aromatic rings. The van der Waals surface area contributed by atoms with Crippen molar-refractivity contribution in [2.45, 2.75) is 43.4 Å². The fourth-order valence-corrected chi connectivity index (χ4v) is 5.40. The van der Waals surface area contributed by atoms with Crippen molar-refractivity contribution in [2.75, 3.05) is 19.7 Å². The number of aliphatic hydroxyl groups is 1. The summed E-state index contributed by atoms with van der Waals surface area (Å²) >= 11 is 0. The molecule has 2 heterocycles. The van der Waals surface area contributed by atoms with Crippen molar-refractivity contribution < 1.29 is 29.3 Å². The fourth-order valence-electron chi connectivity index (χ4n) is 5.40. The molecule has 0 saturated carbocycles. The Bertz CT molecular complexity index is 1060. The number of carboxylic acids is 1. The summed E-state index contributed by atoms with van der Waals surface area (Å²) in [4.78, 5) is 40.2. The van der Waals surface area contributed by atoms with Gasteiger partial charge in [-0.2, -0.15) is 0 Å². The second kappa shape index (κ2) is 8.51. The molecule has 2 amide bonds. The first-order valence-electron chi connectivity index (χ1n) is 11.3. The van der Waals surface area contributed by atoms with Crippen LogP contribution in [0.15, 0.2) is 48.5 Å².